The van der Waals surface area contributed by atoms with Crippen molar-refractivity contribution in [3.8, 4) is 11.5 Å². The number of aryl methyl sites for hydroxylation is 1. The van der Waals surface area contributed by atoms with E-state index in [0.29, 0.717) is 40.3 Å². The van der Waals surface area contributed by atoms with Crippen LogP contribution in [-0.4, -0.2) is 28.5 Å². The summed E-state index contributed by atoms with van der Waals surface area (Å²) >= 11 is 7.85. The van der Waals surface area contributed by atoms with Gasteiger partial charge in [-0.25, -0.2) is 4.79 Å². The van der Waals surface area contributed by atoms with E-state index in [1.807, 2.05) is 13.0 Å². The molecule has 0 atom stereocenters. The minimum atomic E-state index is -0.889. The highest BCUT2D eigenvalue weighted by molar-refractivity contribution is 7.99. The van der Waals surface area contributed by atoms with Gasteiger partial charge < -0.3 is 19.4 Å². The quantitative estimate of drug-likeness (QED) is 0.223. The molecule has 0 fully saturated rings. The molecule has 0 aliphatic heterocycles. The van der Waals surface area contributed by atoms with Crippen LogP contribution in [0.4, 0.5) is 0 Å². The molecule has 0 radical (unpaired) electrons. The summed E-state index contributed by atoms with van der Waals surface area (Å²) in [6.07, 6.45) is 2.19. The van der Waals surface area contributed by atoms with Gasteiger partial charge >= 0.3 is 11.6 Å². The topological polar surface area (TPSA) is 97.0 Å². The Kier molecular flexibility index (Phi) is 8.10. The van der Waals surface area contributed by atoms with E-state index in [0.717, 1.165) is 29.1 Å². The van der Waals surface area contributed by atoms with E-state index < -0.39 is 11.6 Å². The Morgan fingerprint density at radius 2 is 2.03 bits per heavy atom. The molecule has 0 aliphatic carbocycles. The SMILES string of the molecule is CCCc1c(OCCCSc2ccc(CC(=O)O)cc2Cl)ccc2c(O)c(C)c(=O)oc12. The third-order valence-corrected chi connectivity index (χ3v) is 6.57. The number of hydrogen-bond acceptors (Lipinski definition) is 6. The lowest BCUT2D eigenvalue weighted by molar-refractivity contribution is -0.136. The zero-order valence-electron chi connectivity index (χ0n) is 17.9. The van der Waals surface area contributed by atoms with E-state index in [-0.39, 0.29) is 17.7 Å². The smallest absolute Gasteiger partial charge is 0.342 e. The lowest BCUT2D eigenvalue weighted by Crippen LogP contribution is -2.06. The number of benzene rings is 2. The Bertz CT molecular complexity index is 1190. The molecular formula is C24H25ClO6S. The lowest BCUT2D eigenvalue weighted by atomic mass is 10.0. The summed E-state index contributed by atoms with van der Waals surface area (Å²) in [5.74, 6) is 0.470. The van der Waals surface area contributed by atoms with Gasteiger partial charge in [-0.15, -0.1) is 11.8 Å². The van der Waals surface area contributed by atoms with E-state index in [2.05, 4.69) is 0 Å². The zero-order valence-corrected chi connectivity index (χ0v) is 19.5. The predicted molar refractivity (Wildman–Crippen MR) is 127 cm³/mol. The number of carboxylic acids is 1. The first-order valence-electron chi connectivity index (χ1n) is 10.4. The maximum absolute atomic E-state index is 12.0. The fraction of sp³-hybridized carbons (Fsp3) is 0.333. The molecule has 6 nitrogen and oxygen atoms in total. The van der Waals surface area contributed by atoms with Crippen molar-refractivity contribution in [1.29, 1.82) is 0 Å². The van der Waals surface area contributed by atoms with Gasteiger partial charge in [-0.1, -0.05) is 31.0 Å². The molecule has 3 rings (SSSR count). The molecule has 0 bridgehead atoms. The molecule has 1 aromatic heterocycles. The highest BCUT2D eigenvalue weighted by Crippen LogP contribution is 2.34. The number of aromatic hydroxyl groups is 1. The van der Waals surface area contributed by atoms with E-state index >= 15 is 0 Å². The van der Waals surface area contributed by atoms with Crippen LogP contribution in [0.3, 0.4) is 0 Å². The van der Waals surface area contributed by atoms with Crippen LogP contribution >= 0.6 is 23.4 Å². The number of thioether (sulfide) groups is 1. The monoisotopic (exact) mass is 476 g/mol. The van der Waals surface area contributed by atoms with Crippen molar-refractivity contribution in [1.82, 2.24) is 0 Å². The maximum atomic E-state index is 12.0. The van der Waals surface area contributed by atoms with Crippen LogP contribution in [-0.2, 0) is 17.6 Å². The second-order valence-corrected chi connectivity index (χ2v) is 8.96. The molecule has 1 heterocycles. The molecule has 170 valence electrons. The summed E-state index contributed by atoms with van der Waals surface area (Å²) in [5.41, 5.74) is 1.47. The Morgan fingerprint density at radius 3 is 2.72 bits per heavy atom. The summed E-state index contributed by atoms with van der Waals surface area (Å²) in [4.78, 5) is 23.8. The van der Waals surface area contributed by atoms with Crippen molar-refractivity contribution in [2.75, 3.05) is 12.4 Å². The normalized spacial score (nSPS) is 11.1. The molecule has 0 aliphatic rings. The van der Waals surface area contributed by atoms with Crippen molar-refractivity contribution in [2.24, 2.45) is 0 Å². The van der Waals surface area contributed by atoms with Crippen LogP contribution in [0, 0.1) is 6.92 Å². The number of carbonyl (C=O) groups is 1. The molecule has 3 aromatic rings. The Labute approximate surface area is 195 Å². The van der Waals surface area contributed by atoms with Crippen molar-refractivity contribution in [2.45, 2.75) is 44.4 Å². The van der Waals surface area contributed by atoms with Crippen LogP contribution in [0.2, 0.25) is 5.02 Å². The van der Waals surface area contributed by atoms with Gasteiger partial charge in [0.25, 0.3) is 0 Å². The maximum Gasteiger partial charge on any atom is 0.342 e. The Morgan fingerprint density at radius 1 is 1.25 bits per heavy atom. The fourth-order valence-electron chi connectivity index (χ4n) is 3.37. The summed E-state index contributed by atoms with van der Waals surface area (Å²) in [5, 5.41) is 20.2. The molecule has 32 heavy (non-hydrogen) atoms. The van der Waals surface area contributed by atoms with Crippen molar-refractivity contribution >= 4 is 40.3 Å². The fourth-order valence-corrected chi connectivity index (χ4v) is 4.58. The highest BCUT2D eigenvalue weighted by atomic mass is 35.5. The van der Waals surface area contributed by atoms with Crippen LogP contribution in [0.25, 0.3) is 11.0 Å². The van der Waals surface area contributed by atoms with E-state index in [1.54, 1.807) is 36.0 Å². The largest absolute Gasteiger partial charge is 0.507 e. The minimum Gasteiger partial charge on any atom is -0.507 e. The molecule has 0 unspecified atom stereocenters. The average Bonchev–Trinajstić information content (AvgIpc) is 2.74. The number of aliphatic carboxylic acids is 1. The second-order valence-electron chi connectivity index (χ2n) is 7.42. The highest BCUT2D eigenvalue weighted by Gasteiger charge is 2.17. The van der Waals surface area contributed by atoms with Crippen LogP contribution in [0.1, 0.15) is 36.5 Å². The minimum absolute atomic E-state index is 0.0530. The van der Waals surface area contributed by atoms with Gasteiger partial charge in [0.2, 0.25) is 0 Å². The van der Waals surface area contributed by atoms with Gasteiger partial charge in [0.05, 0.1) is 29.0 Å². The molecule has 0 saturated heterocycles. The number of hydrogen-bond donors (Lipinski definition) is 2. The van der Waals surface area contributed by atoms with Crippen molar-refractivity contribution in [3.05, 3.63) is 62.5 Å². The molecule has 0 saturated carbocycles. The summed E-state index contributed by atoms with van der Waals surface area (Å²) < 4.78 is 11.5. The number of rotatable bonds is 10. The summed E-state index contributed by atoms with van der Waals surface area (Å²) in [6, 6.07) is 8.81. The van der Waals surface area contributed by atoms with Gasteiger partial charge in [0, 0.05) is 16.2 Å². The van der Waals surface area contributed by atoms with Crippen LogP contribution in [0.5, 0.6) is 11.5 Å². The first kappa shape index (κ1) is 24.0. The first-order valence-corrected chi connectivity index (χ1v) is 11.7. The molecule has 2 N–H and O–H groups in total. The Balaban J connectivity index is 1.64. The zero-order chi connectivity index (χ0) is 23.3. The molecule has 8 heteroatoms. The second kappa shape index (κ2) is 10.8. The van der Waals surface area contributed by atoms with E-state index in [4.69, 9.17) is 25.9 Å². The third-order valence-electron chi connectivity index (χ3n) is 4.98. The van der Waals surface area contributed by atoms with Gasteiger partial charge in [0.15, 0.2) is 0 Å². The molecular weight excluding hydrogens is 452 g/mol. The third kappa shape index (κ3) is 5.58. The van der Waals surface area contributed by atoms with Gasteiger partial charge in [-0.2, -0.15) is 0 Å². The first-order chi connectivity index (χ1) is 15.3. The number of fused-ring (bicyclic) bond motifs is 1. The van der Waals surface area contributed by atoms with Gasteiger partial charge in [-0.3, -0.25) is 4.79 Å². The molecule has 0 spiro atoms. The van der Waals surface area contributed by atoms with E-state index in [1.165, 1.54) is 6.92 Å². The summed E-state index contributed by atoms with van der Waals surface area (Å²) in [6.45, 7) is 4.02. The van der Waals surface area contributed by atoms with Crippen LogP contribution in [0.15, 0.2) is 44.4 Å². The Hall–Kier alpha value is -2.64. The number of halogens is 1. The number of ether oxygens (including phenoxy) is 1. The molecule has 0 amide bonds. The standard InChI is InChI=1S/C24H25ClO6S/c1-3-5-16-19(8-7-17-22(28)14(2)24(29)31-23(16)17)30-10-4-11-32-20-9-6-15(12-18(20)25)13-21(26)27/h6-9,12,28H,3-5,10-11,13H2,1-2H3,(H,26,27). The lowest BCUT2D eigenvalue weighted by Gasteiger charge is -2.14. The number of carboxylic acid groups (broad SMARTS) is 1. The van der Waals surface area contributed by atoms with E-state index in [9.17, 15) is 14.7 Å². The van der Waals surface area contributed by atoms with Gasteiger partial charge in [-0.05, 0) is 49.6 Å². The predicted octanol–water partition coefficient (Wildman–Crippen LogP) is 5.60. The van der Waals surface area contributed by atoms with Crippen LogP contribution < -0.4 is 10.4 Å². The van der Waals surface area contributed by atoms with Crippen molar-refractivity contribution < 1.29 is 24.2 Å². The molecule has 2 aromatic carbocycles. The van der Waals surface area contributed by atoms with Crippen molar-refractivity contribution in [3.63, 3.8) is 0 Å². The van der Waals surface area contributed by atoms with Gasteiger partial charge in [0.1, 0.15) is 17.1 Å². The average molecular weight is 477 g/mol. The summed E-state index contributed by atoms with van der Waals surface area (Å²) in [7, 11) is 0.